The van der Waals surface area contributed by atoms with E-state index < -0.39 is 16.6 Å². The molecule has 0 radical (unpaired) electrons. The standard InChI is InChI=1S/C20H16N2O/c21-12-16-11-17-18-7-5-14-1-3-15(4-2-14)6-8-19(23-18,10-9-18)20(16,17)13-22/h1-4,9-11,17H,5-8H2/t17-,18-,19+,20-/m0/s1. The fourth-order valence-electron chi connectivity index (χ4n) is 5.07. The summed E-state index contributed by atoms with van der Waals surface area (Å²) in [5.74, 6) is 0.0103. The number of hydrogen-bond acceptors (Lipinski definition) is 3. The first kappa shape index (κ1) is 13.1. The van der Waals surface area contributed by atoms with Gasteiger partial charge in [0.05, 0.1) is 23.3 Å². The molecule has 1 fully saturated rings. The van der Waals surface area contributed by atoms with Gasteiger partial charge in [-0.1, -0.05) is 42.5 Å². The van der Waals surface area contributed by atoms with E-state index in [9.17, 15) is 10.5 Å². The third-order valence-electron chi connectivity index (χ3n) is 6.33. The van der Waals surface area contributed by atoms with Gasteiger partial charge in [0, 0.05) is 5.92 Å². The maximum atomic E-state index is 10.0. The highest BCUT2D eigenvalue weighted by molar-refractivity contribution is 5.59. The highest BCUT2D eigenvalue weighted by atomic mass is 16.5. The second-order valence-corrected chi connectivity index (χ2v) is 7.19. The number of rotatable bonds is 0. The van der Waals surface area contributed by atoms with Gasteiger partial charge in [0.2, 0.25) is 0 Å². The van der Waals surface area contributed by atoms with Crippen LogP contribution in [0.5, 0.6) is 0 Å². The maximum Gasteiger partial charge on any atom is 0.133 e. The van der Waals surface area contributed by atoms with Crippen LogP contribution in [0.25, 0.3) is 0 Å². The third kappa shape index (κ3) is 1.30. The number of benzene rings is 1. The monoisotopic (exact) mass is 300 g/mol. The fraction of sp³-hybridized carbons (Fsp3) is 0.400. The number of fused-ring (bicyclic) bond motifs is 5. The van der Waals surface area contributed by atoms with Crippen molar-refractivity contribution >= 4 is 0 Å². The zero-order valence-corrected chi connectivity index (χ0v) is 12.7. The average molecular weight is 300 g/mol. The van der Waals surface area contributed by atoms with Crippen LogP contribution in [0.15, 0.2) is 48.1 Å². The molecule has 0 unspecified atom stereocenters. The van der Waals surface area contributed by atoms with Gasteiger partial charge in [0.1, 0.15) is 11.0 Å². The van der Waals surface area contributed by atoms with Crippen molar-refractivity contribution in [1.82, 2.24) is 0 Å². The first-order chi connectivity index (χ1) is 11.2. The first-order valence-corrected chi connectivity index (χ1v) is 8.20. The van der Waals surface area contributed by atoms with Crippen molar-refractivity contribution in [3.8, 4) is 12.1 Å². The summed E-state index contributed by atoms with van der Waals surface area (Å²) < 4.78 is 6.60. The van der Waals surface area contributed by atoms with Crippen LogP contribution in [-0.2, 0) is 17.6 Å². The summed E-state index contributed by atoms with van der Waals surface area (Å²) in [5, 5.41) is 19.5. The van der Waals surface area contributed by atoms with Gasteiger partial charge in [-0.25, -0.2) is 0 Å². The van der Waals surface area contributed by atoms with Crippen molar-refractivity contribution in [3.05, 3.63) is 59.2 Å². The van der Waals surface area contributed by atoms with Gasteiger partial charge in [0.15, 0.2) is 0 Å². The molecule has 3 nitrogen and oxygen atoms in total. The van der Waals surface area contributed by atoms with E-state index >= 15 is 0 Å². The van der Waals surface area contributed by atoms with Crippen molar-refractivity contribution in [1.29, 1.82) is 10.5 Å². The summed E-state index contributed by atoms with van der Waals surface area (Å²) in [6.45, 7) is 0. The zero-order chi connectivity index (χ0) is 15.7. The molecule has 0 spiro atoms. The molecule has 0 amide bonds. The minimum atomic E-state index is -0.784. The molecule has 23 heavy (non-hydrogen) atoms. The van der Waals surface area contributed by atoms with Gasteiger partial charge in [-0.15, -0.1) is 0 Å². The normalized spacial score (nSPS) is 42.0. The summed E-state index contributed by atoms with van der Waals surface area (Å²) in [5.41, 5.74) is 1.32. The van der Waals surface area contributed by atoms with Crippen molar-refractivity contribution in [2.45, 2.75) is 36.9 Å². The molecule has 4 atom stereocenters. The highest BCUT2D eigenvalue weighted by Gasteiger charge is 2.77. The van der Waals surface area contributed by atoms with Crippen LogP contribution in [0.1, 0.15) is 24.0 Å². The lowest BCUT2D eigenvalue weighted by Gasteiger charge is -2.47. The van der Waals surface area contributed by atoms with E-state index in [4.69, 9.17) is 4.74 Å². The van der Waals surface area contributed by atoms with Crippen LogP contribution in [0.3, 0.4) is 0 Å². The maximum absolute atomic E-state index is 10.0. The van der Waals surface area contributed by atoms with Crippen LogP contribution in [0, 0.1) is 34.0 Å². The van der Waals surface area contributed by atoms with Crippen molar-refractivity contribution in [2.75, 3.05) is 0 Å². The summed E-state index contributed by atoms with van der Waals surface area (Å²) in [6.07, 6.45) is 9.62. The van der Waals surface area contributed by atoms with Crippen LogP contribution in [0.2, 0.25) is 0 Å². The lowest BCUT2D eigenvalue weighted by molar-refractivity contribution is -0.0545. The number of ether oxygens (including phenoxy) is 1. The van der Waals surface area contributed by atoms with Crippen molar-refractivity contribution < 1.29 is 4.74 Å². The van der Waals surface area contributed by atoms with Gasteiger partial charge in [0.25, 0.3) is 0 Å². The predicted molar refractivity (Wildman–Crippen MR) is 84.0 cm³/mol. The molecule has 3 heteroatoms. The number of hydrogen-bond donors (Lipinski definition) is 0. The zero-order valence-electron chi connectivity index (χ0n) is 12.7. The van der Waals surface area contributed by atoms with Crippen LogP contribution < -0.4 is 0 Å². The second-order valence-electron chi connectivity index (χ2n) is 7.19. The number of nitriles is 2. The Labute approximate surface area is 135 Å². The van der Waals surface area contributed by atoms with Gasteiger partial charge in [-0.3, -0.25) is 0 Å². The average Bonchev–Trinajstić information content (AvgIpc) is 2.98. The molecule has 6 rings (SSSR count). The lowest BCUT2D eigenvalue weighted by atomic mass is 9.48. The largest absolute Gasteiger partial charge is 0.358 e. The minimum absolute atomic E-state index is 0.0103. The Bertz CT molecular complexity index is 853. The molecule has 4 heterocycles. The van der Waals surface area contributed by atoms with Gasteiger partial charge >= 0.3 is 0 Å². The van der Waals surface area contributed by atoms with Crippen LogP contribution in [0.4, 0.5) is 0 Å². The van der Waals surface area contributed by atoms with E-state index in [0.29, 0.717) is 5.57 Å². The molecule has 0 saturated carbocycles. The van der Waals surface area contributed by atoms with Gasteiger partial charge in [-0.05, 0) is 36.8 Å². The van der Waals surface area contributed by atoms with Gasteiger partial charge < -0.3 is 4.74 Å². The van der Waals surface area contributed by atoms with E-state index in [2.05, 4.69) is 48.6 Å². The molecular formula is C20H16N2O. The lowest BCUT2D eigenvalue weighted by Crippen LogP contribution is -2.54. The summed E-state index contributed by atoms with van der Waals surface area (Å²) in [4.78, 5) is 0. The van der Waals surface area contributed by atoms with E-state index in [1.165, 1.54) is 11.1 Å². The molecule has 4 bridgehead atoms. The fourth-order valence-corrected chi connectivity index (χ4v) is 5.07. The van der Waals surface area contributed by atoms with Crippen LogP contribution >= 0.6 is 0 Å². The molecule has 1 aromatic rings. The Morgan fingerprint density at radius 2 is 1.70 bits per heavy atom. The third-order valence-corrected chi connectivity index (χ3v) is 6.33. The smallest absolute Gasteiger partial charge is 0.133 e. The quantitative estimate of drug-likeness (QED) is 0.691. The Hall–Kier alpha value is -2.36. The Morgan fingerprint density at radius 3 is 2.35 bits per heavy atom. The minimum Gasteiger partial charge on any atom is -0.358 e. The molecular weight excluding hydrogens is 284 g/mol. The summed E-state index contributed by atoms with van der Waals surface area (Å²) in [6, 6.07) is 13.5. The first-order valence-electron chi connectivity index (χ1n) is 8.20. The van der Waals surface area contributed by atoms with Crippen LogP contribution in [-0.4, -0.2) is 11.2 Å². The molecule has 0 aromatic heterocycles. The second kappa shape index (κ2) is 3.94. The van der Waals surface area contributed by atoms with E-state index in [-0.39, 0.29) is 5.92 Å². The molecule has 1 aromatic carbocycles. The number of aryl methyl sites for hydroxylation is 2. The molecule has 4 aliphatic heterocycles. The van der Waals surface area contributed by atoms with Crippen molar-refractivity contribution in [2.24, 2.45) is 11.3 Å². The van der Waals surface area contributed by atoms with E-state index in [0.717, 1.165) is 25.7 Å². The van der Waals surface area contributed by atoms with E-state index in [1.54, 1.807) is 0 Å². The molecule has 1 aliphatic carbocycles. The SMILES string of the molecule is N#CC1=C[C@H]2[C@@]34C=C[C@@](CCc5ccc(cc5)CC3)(O4)[C@@]12C#N. The molecule has 0 N–H and O–H groups in total. The molecule has 112 valence electrons. The molecule has 1 saturated heterocycles. The van der Waals surface area contributed by atoms with Crippen molar-refractivity contribution in [3.63, 3.8) is 0 Å². The summed E-state index contributed by atoms with van der Waals surface area (Å²) in [7, 11) is 0. The Balaban J connectivity index is 1.69. The van der Waals surface area contributed by atoms with Gasteiger partial charge in [-0.2, -0.15) is 10.5 Å². The summed E-state index contributed by atoms with van der Waals surface area (Å²) >= 11 is 0. The molecule has 5 aliphatic rings. The number of nitrogens with zero attached hydrogens (tertiary/aromatic N) is 2. The predicted octanol–water partition coefficient (Wildman–Crippen LogP) is 3.23. The Kier molecular flexibility index (Phi) is 2.24. The van der Waals surface area contributed by atoms with E-state index in [1.807, 2.05) is 6.08 Å². The Morgan fingerprint density at radius 1 is 1.00 bits per heavy atom. The highest BCUT2D eigenvalue weighted by Crippen LogP contribution is 2.71. The topological polar surface area (TPSA) is 56.8 Å².